The Hall–Kier alpha value is -1.24. The first-order valence-corrected chi connectivity index (χ1v) is 4.69. The fourth-order valence-corrected chi connectivity index (χ4v) is 1.64. The molecule has 0 saturated heterocycles. The number of aliphatic hydroxyl groups is 1. The van der Waals surface area contributed by atoms with Crippen molar-refractivity contribution in [3.05, 3.63) is 17.1 Å². The number of aliphatic hydroxyl groups excluding tert-OH is 1. The number of ether oxygens (including phenoxy) is 1. The fraction of sp³-hybridized carbons (Fsp3) is 0.778. The van der Waals surface area contributed by atoms with Crippen molar-refractivity contribution in [2.75, 3.05) is 6.61 Å². The van der Waals surface area contributed by atoms with Crippen LogP contribution in [0.3, 0.4) is 0 Å². The van der Waals surface area contributed by atoms with Gasteiger partial charge in [-0.3, -0.25) is 0 Å². The van der Waals surface area contributed by atoms with E-state index in [9.17, 15) is 0 Å². The molecule has 13 heavy (non-hydrogen) atoms. The average Bonchev–Trinajstić information content (AvgIpc) is 2.17. The molecule has 0 heterocycles. The van der Waals surface area contributed by atoms with E-state index in [1.807, 2.05) is 0 Å². The van der Waals surface area contributed by atoms with E-state index in [2.05, 4.69) is 4.98 Å². The second kappa shape index (κ2) is 5.41. The molecule has 1 saturated carbocycles. The summed E-state index contributed by atoms with van der Waals surface area (Å²) in [6.45, 7) is 0.526. The molecule has 1 fully saturated rings. The first-order valence-electron chi connectivity index (χ1n) is 4.69. The molecule has 0 radical (unpaired) electrons. The second-order valence-electron chi connectivity index (χ2n) is 3.40. The van der Waals surface area contributed by atoms with E-state index in [1.165, 1.54) is 32.1 Å². The molecule has 1 N–H and O–H groups in total. The summed E-state index contributed by atoms with van der Waals surface area (Å²) < 4.78 is 4.98. The summed E-state index contributed by atoms with van der Waals surface area (Å²) in [5.74, 6) is 0.232. The molecule has 4 nitrogen and oxygen atoms in total. The average molecular weight is 183 g/mol. The SMILES string of the molecule is N#[N+]/C=C(/O)OCC1CCCCC1. The summed E-state index contributed by atoms with van der Waals surface area (Å²) in [5, 5.41) is 17.0. The van der Waals surface area contributed by atoms with E-state index in [-0.39, 0.29) is 5.95 Å². The molecule has 4 heteroatoms. The molecule has 0 aromatic carbocycles. The van der Waals surface area contributed by atoms with Gasteiger partial charge in [-0.25, -0.2) is 0 Å². The van der Waals surface area contributed by atoms with Crippen LogP contribution in [0.15, 0.2) is 12.1 Å². The summed E-state index contributed by atoms with van der Waals surface area (Å²) >= 11 is 0. The number of hydrogen-bond donors (Lipinski definition) is 1. The third-order valence-corrected chi connectivity index (χ3v) is 2.36. The predicted octanol–water partition coefficient (Wildman–Crippen LogP) is 2.79. The predicted molar refractivity (Wildman–Crippen MR) is 48.3 cm³/mol. The monoisotopic (exact) mass is 183 g/mol. The molecule has 1 aliphatic carbocycles. The zero-order valence-corrected chi connectivity index (χ0v) is 7.65. The molecule has 0 amide bonds. The maximum Gasteiger partial charge on any atom is 0.429 e. The summed E-state index contributed by atoms with van der Waals surface area (Å²) in [5.41, 5.74) is 0. The zero-order chi connectivity index (χ0) is 9.52. The van der Waals surface area contributed by atoms with Crippen LogP contribution in [0.5, 0.6) is 0 Å². The van der Waals surface area contributed by atoms with Crippen LogP contribution >= 0.6 is 0 Å². The quantitative estimate of drug-likeness (QED) is 0.540. The second-order valence-corrected chi connectivity index (χ2v) is 3.40. The van der Waals surface area contributed by atoms with Gasteiger partial charge in [0.2, 0.25) is 5.39 Å². The smallest absolute Gasteiger partial charge is 0.429 e. The van der Waals surface area contributed by atoms with Gasteiger partial charge in [-0.05, 0) is 18.8 Å². The maximum absolute atomic E-state index is 8.96. The van der Waals surface area contributed by atoms with Gasteiger partial charge in [-0.2, -0.15) is 0 Å². The molecule has 0 aromatic rings. The van der Waals surface area contributed by atoms with E-state index in [0.717, 1.165) is 6.20 Å². The summed E-state index contributed by atoms with van der Waals surface area (Å²) in [4.78, 5) is 2.66. The van der Waals surface area contributed by atoms with Crippen LogP contribution in [0.1, 0.15) is 32.1 Å². The van der Waals surface area contributed by atoms with Gasteiger partial charge >= 0.3 is 12.1 Å². The van der Waals surface area contributed by atoms with Crippen molar-refractivity contribution in [1.82, 2.24) is 0 Å². The van der Waals surface area contributed by atoms with Gasteiger partial charge in [-0.15, -0.1) is 0 Å². The number of diazo groups is 1. The highest BCUT2D eigenvalue weighted by Gasteiger charge is 2.14. The highest BCUT2D eigenvalue weighted by molar-refractivity contribution is 4.87. The van der Waals surface area contributed by atoms with Crippen LogP contribution in [-0.4, -0.2) is 11.7 Å². The highest BCUT2D eigenvalue weighted by Crippen LogP contribution is 2.24. The van der Waals surface area contributed by atoms with E-state index in [0.29, 0.717) is 12.5 Å². The number of hydrogen-bond acceptors (Lipinski definition) is 3. The Balaban J connectivity index is 2.18. The van der Waals surface area contributed by atoms with Crippen LogP contribution in [-0.2, 0) is 4.74 Å². The Morgan fingerprint density at radius 3 is 2.77 bits per heavy atom. The van der Waals surface area contributed by atoms with E-state index in [1.54, 1.807) is 0 Å². The van der Waals surface area contributed by atoms with Crippen LogP contribution in [0.2, 0.25) is 0 Å². The van der Waals surface area contributed by atoms with Crippen molar-refractivity contribution >= 4 is 0 Å². The molecular weight excluding hydrogens is 168 g/mol. The lowest BCUT2D eigenvalue weighted by Gasteiger charge is -2.20. The maximum atomic E-state index is 8.96. The van der Waals surface area contributed by atoms with E-state index >= 15 is 0 Å². The summed E-state index contributed by atoms with van der Waals surface area (Å²) in [7, 11) is 0. The lowest BCUT2D eigenvalue weighted by molar-refractivity contribution is 0.0600. The van der Waals surface area contributed by atoms with Gasteiger partial charge < -0.3 is 9.84 Å². The third-order valence-electron chi connectivity index (χ3n) is 2.36. The lowest BCUT2D eigenvalue weighted by atomic mass is 9.90. The van der Waals surface area contributed by atoms with Crippen molar-refractivity contribution in [3.63, 3.8) is 0 Å². The topological polar surface area (TPSA) is 57.6 Å². The Morgan fingerprint density at radius 1 is 1.46 bits per heavy atom. The number of nitrogens with zero attached hydrogens (tertiary/aromatic N) is 2. The zero-order valence-electron chi connectivity index (χ0n) is 7.65. The van der Waals surface area contributed by atoms with Gasteiger partial charge in [0, 0.05) is 0 Å². The Labute approximate surface area is 77.8 Å². The van der Waals surface area contributed by atoms with Crippen LogP contribution in [0.25, 0.3) is 4.98 Å². The summed E-state index contributed by atoms with van der Waals surface area (Å²) in [6.07, 6.45) is 7.05. The van der Waals surface area contributed by atoms with Crippen molar-refractivity contribution in [2.45, 2.75) is 32.1 Å². The summed E-state index contributed by atoms with van der Waals surface area (Å²) in [6, 6.07) is 0. The normalized spacial score (nSPS) is 19.5. The minimum absolute atomic E-state index is 0.312. The number of rotatable bonds is 3. The minimum atomic E-state index is -0.312. The molecular formula is C9H15N2O2+. The minimum Gasteiger partial charge on any atom is -0.476 e. The van der Waals surface area contributed by atoms with Gasteiger partial charge in [0.15, 0.2) is 4.98 Å². The van der Waals surface area contributed by atoms with Crippen LogP contribution in [0.4, 0.5) is 0 Å². The fourth-order valence-electron chi connectivity index (χ4n) is 1.64. The molecule has 1 aliphatic rings. The molecule has 0 unspecified atom stereocenters. The van der Waals surface area contributed by atoms with Crippen LogP contribution < -0.4 is 0 Å². The molecule has 0 atom stereocenters. The molecule has 0 aromatic heterocycles. The first-order chi connectivity index (χ1) is 6.33. The Bertz CT molecular complexity index is 214. The van der Waals surface area contributed by atoms with E-state index in [4.69, 9.17) is 15.2 Å². The first kappa shape index (κ1) is 9.85. The van der Waals surface area contributed by atoms with Crippen molar-refractivity contribution in [2.24, 2.45) is 5.92 Å². The largest absolute Gasteiger partial charge is 0.476 e. The van der Waals surface area contributed by atoms with Crippen molar-refractivity contribution in [3.8, 4) is 0 Å². The highest BCUT2D eigenvalue weighted by atomic mass is 16.6. The van der Waals surface area contributed by atoms with Crippen molar-refractivity contribution < 1.29 is 9.84 Å². The Morgan fingerprint density at radius 2 is 2.15 bits per heavy atom. The molecule has 0 spiro atoms. The lowest BCUT2D eigenvalue weighted by Crippen LogP contribution is -2.13. The Kier molecular flexibility index (Phi) is 4.10. The van der Waals surface area contributed by atoms with Gasteiger partial charge in [0.1, 0.15) is 0 Å². The van der Waals surface area contributed by atoms with Gasteiger partial charge in [0.05, 0.1) is 6.61 Å². The van der Waals surface area contributed by atoms with Gasteiger partial charge in [0.25, 0.3) is 0 Å². The molecule has 0 bridgehead atoms. The molecule has 1 rings (SSSR count). The standard InChI is InChI=1S/C9H14N2O2/c10-11-6-9(12)13-7-8-4-2-1-3-5-8/h6,8H,1-5,7H2/p+1/b9-6-. The molecule has 0 aliphatic heterocycles. The van der Waals surface area contributed by atoms with Crippen LogP contribution in [0, 0.1) is 11.3 Å². The van der Waals surface area contributed by atoms with E-state index < -0.39 is 0 Å². The third kappa shape index (κ3) is 3.79. The van der Waals surface area contributed by atoms with Crippen molar-refractivity contribution in [1.29, 1.82) is 5.39 Å². The van der Waals surface area contributed by atoms with Gasteiger partial charge in [-0.1, -0.05) is 19.3 Å². The molecule has 72 valence electrons.